The second kappa shape index (κ2) is 4.88. The van der Waals surface area contributed by atoms with Crippen LogP contribution in [0, 0.1) is 35.5 Å². The number of hydrogen-bond donors (Lipinski definition) is 0. The van der Waals surface area contributed by atoms with Gasteiger partial charge in [0.25, 0.3) is 11.8 Å². The zero-order chi connectivity index (χ0) is 17.6. The molecular formula is C19H15ClN2O4. The molecule has 7 rings (SSSR count). The minimum Gasteiger partial charge on any atom is -0.454 e. The van der Waals surface area contributed by atoms with E-state index < -0.39 is 0 Å². The Morgan fingerprint density at radius 2 is 1.65 bits per heavy atom. The molecule has 2 saturated carbocycles. The molecule has 2 amide bonds. The predicted molar refractivity (Wildman–Crippen MR) is 91.7 cm³/mol. The summed E-state index contributed by atoms with van der Waals surface area (Å²) in [6, 6.07) is 3.35. The van der Waals surface area contributed by atoms with Crippen molar-refractivity contribution < 1.29 is 19.1 Å². The highest BCUT2D eigenvalue weighted by molar-refractivity contribution is 6.33. The van der Waals surface area contributed by atoms with Crippen molar-refractivity contribution in [1.29, 1.82) is 0 Å². The lowest BCUT2D eigenvalue weighted by molar-refractivity contribution is -0.140. The number of hydrazone groups is 1. The molecule has 0 unspecified atom stereocenters. The van der Waals surface area contributed by atoms with Gasteiger partial charge >= 0.3 is 0 Å². The number of fused-ring (bicyclic) bond motifs is 1. The number of carbonyl (C=O) groups is 2. The van der Waals surface area contributed by atoms with Gasteiger partial charge in [-0.25, -0.2) is 0 Å². The highest BCUT2D eigenvalue weighted by atomic mass is 35.5. The summed E-state index contributed by atoms with van der Waals surface area (Å²) in [6.07, 6.45) is 6.89. The third-order valence-electron chi connectivity index (χ3n) is 6.44. The molecule has 0 spiro atoms. The van der Waals surface area contributed by atoms with Crippen LogP contribution in [0.3, 0.4) is 0 Å². The van der Waals surface area contributed by atoms with Gasteiger partial charge in [0.05, 0.1) is 23.1 Å². The highest BCUT2D eigenvalue weighted by Gasteiger charge is 2.67. The molecule has 0 radical (unpaired) electrons. The molecule has 4 aliphatic carbocycles. The number of hydrogen-bond acceptors (Lipinski definition) is 5. The van der Waals surface area contributed by atoms with Crippen molar-refractivity contribution in [3.63, 3.8) is 0 Å². The van der Waals surface area contributed by atoms with Crippen LogP contribution < -0.4 is 9.47 Å². The monoisotopic (exact) mass is 370 g/mol. The summed E-state index contributed by atoms with van der Waals surface area (Å²) in [5.74, 6) is 1.85. The summed E-state index contributed by atoms with van der Waals surface area (Å²) in [6.45, 7) is 0.150. The van der Waals surface area contributed by atoms with E-state index in [9.17, 15) is 9.59 Å². The lowest BCUT2D eigenvalue weighted by Gasteiger charge is -2.37. The smallest absolute Gasteiger partial charge is 0.254 e. The van der Waals surface area contributed by atoms with Gasteiger partial charge in [-0.3, -0.25) is 9.59 Å². The van der Waals surface area contributed by atoms with E-state index in [1.807, 2.05) is 0 Å². The topological polar surface area (TPSA) is 68.2 Å². The third kappa shape index (κ3) is 1.80. The van der Waals surface area contributed by atoms with Crippen LogP contribution in [0.1, 0.15) is 12.0 Å². The summed E-state index contributed by atoms with van der Waals surface area (Å²) in [7, 11) is 0. The largest absolute Gasteiger partial charge is 0.454 e. The molecule has 6 atom stereocenters. The van der Waals surface area contributed by atoms with Crippen LogP contribution in [0.15, 0.2) is 29.4 Å². The lowest BCUT2D eigenvalue weighted by atomic mass is 9.63. The van der Waals surface area contributed by atoms with Gasteiger partial charge in [0.15, 0.2) is 11.5 Å². The maximum atomic E-state index is 12.9. The van der Waals surface area contributed by atoms with Crippen molar-refractivity contribution >= 4 is 29.6 Å². The summed E-state index contributed by atoms with van der Waals surface area (Å²) in [5.41, 5.74) is 0.579. The van der Waals surface area contributed by atoms with Crippen molar-refractivity contribution in [3.8, 4) is 11.5 Å². The minimum absolute atomic E-state index is 0.150. The first-order valence-electron chi connectivity index (χ1n) is 8.83. The fraction of sp³-hybridized carbons (Fsp3) is 0.421. The second-order valence-electron chi connectivity index (χ2n) is 7.61. The minimum atomic E-state index is -0.245. The number of allylic oxidation sites excluding steroid dienone is 2. The van der Waals surface area contributed by atoms with E-state index in [-0.39, 0.29) is 42.3 Å². The fourth-order valence-electron chi connectivity index (χ4n) is 5.21. The van der Waals surface area contributed by atoms with Gasteiger partial charge in [0, 0.05) is 11.6 Å². The van der Waals surface area contributed by atoms with E-state index in [1.165, 1.54) is 6.21 Å². The Bertz CT molecular complexity index is 890. The van der Waals surface area contributed by atoms with Gasteiger partial charge in [0.2, 0.25) is 6.79 Å². The Morgan fingerprint density at radius 1 is 1.04 bits per heavy atom. The van der Waals surface area contributed by atoms with Gasteiger partial charge < -0.3 is 9.47 Å². The number of rotatable bonds is 2. The van der Waals surface area contributed by atoms with Gasteiger partial charge in [-0.15, -0.1) is 0 Å². The number of benzene rings is 1. The first-order chi connectivity index (χ1) is 12.6. The maximum absolute atomic E-state index is 12.9. The fourth-order valence-corrected chi connectivity index (χ4v) is 5.41. The van der Waals surface area contributed by atoms with Crippen LogP contribution in [0.25, 0.3) is 0 Å². The summed E-state index contributed by atoms with van der Waals surface area (Å²) in [4.78, 5) is 25.8. The van der Waals surface area contributed by atoms with Gasteiger partial charge in [-0.05, 0) is 36.2 Å². The molecule has 26 heavy (non-hydrogen) atoms. The van der Waals surface area contributed by atoms with Crippen LogP contribution in [0.5, 0.6) is 11.5 Å². The average molecular weight is 371 g/mol. The van der Waals surface area contributed by atoms with Crippen molar-refractivity contribution in [2.45, 2.75) is 6.42 Å². The first-order valence-corrected chi connectivity index (χ1v) is 9.20. The van der Waals surface area contributed by atoms with E-state index in [4.69, 9.17) is 21.1 Å². The Morgan fingerprint density at radius 3 is 2.31 bits per heavy atom. The predicted octanol–water partition coefficient (Wildman–Crippen LogP) is 2.46. The number of amides is 2. The first kappa shape index (κ1) is 14.8. The second-order valence-corrected chi connectivity index (χ2v) is 8.02. The van der Waals surface area contributed by atoms with Crippen LogP contribution in [-0.4, -0.2) is 29.8 Å². The van der Waals surface area contributed by atoms with Gasteiger partial charge in [-0.2, -0.15) is 10.1 Å². The number of halogens is 1. The quantitative estimate of drug-likeness (QED) is 0.455. The Kier molecular flexibility index (Phi) is 2.78. The van der Waals surface area contributed by atoms with Gasteiger partial charge in [-0.1, -0.05) is 23.8 Å². The lowest BCUT2D eigenvalue weighted by Crippen LogP contribution is -2.40. The molecule has 3 fully saturated rings. The number of ether oxygens (including phenoxy) is 2. The van der Waals surface area contributed by atoms with Crippen molar-refractivity contribution in [2.24, 2.45) is 40.6 Å². The van der Waals surface area contributed by atoms with E-state index in [0.29, 0.717) is 33.9 Å². The van der Waals surface area contributed by atoms with E-state index >= 15 is 0 Å². The normalized spacial score (nSPS) is 38.3. The molecule has 132 valence electrons. The summed E-state index contributed by atoms with van der Waals surface area (Å²) < 4.78 is 10.6. The van der Waals surface area contributed by atoms with Crippen molar-refractivity contribution in [3.05, 3.63) is 34.9 Å². The maximum Gasteiger partial charge on any atom is 0.254 e. The molecule has 6 nitrogen and oxygen atoms in total. The number of nitrogens with zero attached hydrogens (tertiary/aromatic N) is 2. The molecule has 0 aromatic heterocycles. The molecule has 1 aromatic rings. The van der Waals surface area contributed by atoms with Crippen LogP contribution in [-0.2, 0) is 9.59 Å². The molecule has 2 heterocycles. The standard InChI is InChI=1S/C19H15ClN2O4/c20-13-5-15-14(25-7-26-15)3-8(13)6-21-22-18(23)16-9-1-2-10(12-4-11(9)12)17(16)19(22)24/h1-3,5-6,9-12,16-17H,4,7H2/b21-6+/t9-,10-,11-,12-,16-,17+/m1/s1. The summed E-state index contributed by atoms with van der Waals surface area (Å²) >= 11 is 6.24. The van der Waals surface area contributed by atoms with E-state index in [2.05, 4.69) is 17.3 Å². The van der Waals surface area contributed by atoms with Crippen LogP contribution in [0.2, 0.25) is 5.02 Å². The number of carbonyl (C=O) groups excluding carboxylic acids is 2. The highest BCUT2D eigenvalue weighted by Crippen LogP contribution is 2.65. The molecule has 0 N–H and O–H groups in total. The van der Waals surface area contributed by atoms with Crippen molar-refractivity contribution in [1.82, 2.24) is 5.01 Å². The molecule has 2 aliphatic heterocycles. The average Bonchev–Trinajstić information content (AvgIpc) is 3.29. The zero-order valence-electron chi connectivity index (χ0n) is 13.7. The third-order valence-corrected chi connectivity index (χ3v) is 6.77. The Hall–Kier alpha value is -2.34. The van der Waals surface area contributed by atoms with E-state index in [1.54, 1.807) is 12.1 Å². The molecule has 2 bridgehead atoms. The Balaban J connectivity index is 1.32. The molecular weight excluding hydrogens is 356 g/mol. The van der Waals surface area contributed by atoms with Crippen LogP contribution in [0.4, 0.5) is 0 Å². The Labute approximate surface area is 154 Å². The number of imide groups is 1. The molecule has 7 heteroatoms. The van der Waals surface area contributed by atoms with Crippen LogP contribution >= 0.6 is 11.6 Å². The SMILES string of the molecule is O=C1[C@@H]2[C@@H]3C=C[C@H]([C@H]4C[C@H]34)[C@@H]2C(=O)N1/N=C/c1cc2c(cc1Cl)OCO2. The molecule has 6 aliphatic rings. The van der Waals surface area contributed by atoms with Crippen molar-refractivity contribution in [2.75, 3.05) is 6.79 Å². The van der Waals surface area contributed by atoms with Gasteiger partial charge in [0.1, 0.15) is 0 Å². The molecule has 1 saturated heterocycles. The molecule has 1 aromatic carbocycles. The summed E-state index contributed by atoms with van der Waals surface area (Å²) in [5, 5.41) is 5.68. The van der Waals surface area contributed by atoms with E-state index in [0.717, 1.165) is 11.4 Å². The zero-order valence-corrected chi connectivity index (χ0v) is 14.4.